The number of pyridine rings is 1. The first kappa shape index (κ1) is 21.9. The van der Waals surface area contributed by atoms with E-state index in [0.29, 0.717) is 12.4 Å². The Hall–Kier alpha value is -2.89. The van der Waals surface area contributed by atoms with Gasteiger partial charge in [-0.2, -0.15) is 5.10 Å². The lowest BCUT2D eigenvalue weighted by Crippen LogP contribution is -2.25. The van der Waals surface area contributed by atoms with Gasteiger partial charge in [-0.1, -0.05) is 61.9 Å². The van der Waals surface area contributed by atoms with Gasteiger partial charge in [-0.25, -0.2) is 9.67 Å². The summed E-state index contributed by atoms with van der Waals surface area (Å²) in [6.45, 7) is 4.83. The van der Waals surface area contributed by atoms with E-state index >= 15 is 0 Å². The monoisotopic (exact) mass is 445 g/mol. The van der Waals surface area contributed by atoms with Crippen LogP contribution in [0.3, 0.4) is 0 Å². The zero-order chi connectivity index (χ0) is 22.6. The highest BCUT2D eigenvalue weighted by molar-refractivity contribution is 6.00. The van der Waals surface area contributed by atoms with Crippen molar-refractivity contribution in [2.45, 2.75) is 71.3 Å². The predicted molar refractivity (Wildman–Crippen MR) is 134 cm³/mol. The Bertz CT molecular complexity index is 1090. The Morgan fingerprint density at radius 3 is 2.36 bits per heavy atom. The van der Waals surface area contributed by atoms with E-state index in [-0.39, 0.29) is 11.8 Å². The molecule has 1 aliphatic heterocycles. The number of hydrogen-bond acceptors (Lipinski definition) is 4. The molecule has 1 N–H and O–H groups in total. The summed E-state index contributed by atoms with van der Waals surface area (Å²) in [5, 5.41) is 8.93. The molecule has 0 unspecified atom stereocenters. The van der Waals surface area contributed by atoms with Gasteiger partial charge in [0.05, 0.1) is 11.9 Å². The summed E-state index contributed by atoms with van der Waals surface area (Å²) in [4.78, 5) is 20.4. The molecular weight excluding hydrogens is 410 g/mol. The first-order chi connectivity index (χ1) is 16.2. The summed E-state index contributed by atoms with van der Waals surface area (Å²) in [5.74, 6) is 1.86. The van der Waals surface area contributed by atoms with E-state index in [1.165, 1.54) is 43.2 Å². The number of carbonyl (C=O) groups is 1. The maximum atomic E-state index is 13.0. The van der Waals surface area contributed by atoms with Gasteiger partial charge in [0.2, 0.25) is 5.91 Å². The maximum absolute atomic E-state index is 13.0. The van der Waals surface area contributed by atoms with Gasteiger partial charge in [-0.15, -0.1) is 0 Å². The molecule has 3 aromatic rings. The Morgan fingerprint density at radius 1 is 0.939 bits per heavy atom. The molecule has 0 bridgehead atoms. The van der Waals surface area contributed by atoms with Gasteiger partial charge in [0.15, 0.2) is 11.5 Å². The third-order valence-corrected chi connectivity index (χ3v) is 7.18. The van der Waals surface area contributed by atoms with Crippen molar-refractivity contribution in [2.75, 3.05) is 23.3 Å². The van der Waals surface area contributed by atoms with Gasteiger partial charge in [0.1, 0.15) is 5.82 Å². The van der Waals surface area contributed by atoms with Crippen molar-refractivity contribution in [3.05, 3.63) is 47.5 Å². The molecule has 33 heavy (non-hydrogen) atoms. The maximum Gasteiger partial charge on any atom is 0.228 e. The molecule has 1 saturated heterocycles. The van der Waals surface area contributed by atoms with Gasteiger partial charge in [0.25, 0.3) is 0 Å². The molecule has 0 spiro atoms. The smallest absolute Gasteiger partial charge is 0.228 e. The van der Waals surface area contributed by atoms with E-state index < -0.39 is 0 Å². The Kier molecular flexibility index (Phi) is 6.60. The fourth-order valence-corrected chi connectivity index (χ4v) is 5.17. The van der Waals surface area contributed by atoms with Crippen LogP contribution in [0.5, 0.6) is 0 Å². The van der Waals surface area contributed by atoms with Crippen molar-refractivity contribution < 1.29 is 4.79 Å². The van der Waals surface area contributed by atoms with Gasteiger partial charge in [0, 0.05) is 19.0 Å². The summed E-state index contributed by atoms with van der Waals surface area (Å²) < 4.78 is 1.96. The lowest BCUT2D eigenvalue weighted by molar-refractivity contribution is -0.120. The fourth-order valence-electron chi connectivity index (χ4n) is 5.17. The first-order valence-corrected chi connectivity index (χ1v) is 12.7. The van der Waals surface area contributed by atoms with Crippen LogP contribution in [0.25, 0.3) is 11.0 Å². The van der Waals surface area contributed by atoms with Crippen LogP contribution >= 0.6 is 0 Å². The second-order valence-corrected chi connectivity index (χ2v) is 9.76. The molecule has 1 saturated carbocycles. The van der Waals surface area contributed by atoms with E-state index in [1.54, 1.807) is 0 Å². The molecule has 0 atom stereocenters. The molecule has 2 fully saturated rings. The minimum absolute atomic E-state index is 0.0976. The number of nitrogens with one attached hydrogen (secondary N) is 1. The molecule has 0 radical (unpaired) electrons. The molecule has 3 heterocycles. The number of rotatable bonds is 5. The fraction of sp³-hybridized carbons (Fsp3) is 0.519. The standard InChI is InChI=1S/C27H35N5O/c1-20-11-13-21(14-12-20)19-32-26-23(15-16-24(28-26)31-17-7-2-3-8-18-31)25(30-32)29-27(33)22-9-5-4-6-10-22/h11-16,22H,2-10,17-19H2,1H3,(H,29,30,33). The van der Waals surface area contributed by atoms with Crippen LogP contribution < -0.4 is 10.2 Å². The van der Waals surface area contributed by atoms with Crippen molar-refractivity contribution >= 4 is 28.6 Å². The van der Waals surface area contributed by atoms with Crippen LogP contribution in [0.2, 0.25) is 0 Å². The van der Waals surface area contributed by atoms with Crippen LogP contribution in [0.15, 0.2) is 36.4 Å². The average molecular weight is 446 g/mol. The predicted octanol–water partition coefficient (Wildman–Crippen LogP) is 5.69. The van der Waals surface area contributed by atoms with E-state index in [1.807, 2.05) is 4.68 Å². The van der Waals surface area contributed by atoms with Gasteiger partial charge in [-0.05, 0) is 50.3 Å². The lowest BCUT2D eigenvalue weighted by atomic mass is 9.89. The van der Waals surface area contributed by atoms with Crippen LogP contribution in [0.4, 0.5) is 11.6 Å². The zero-order valence-corrected chi connectivity index (χ0v) is 19.7. The number of benzene rings is 1. The molecule has 1 aromatic carbocycles. The minimum Gasteiger partial charge on any atom is -0.357 e. The highest BCUT2D eigenvalue weighted by atomic mass is 16.2. The molecule has 5 rings (SSSR count). The third kappa shape index (κ3) is 5.05. The van der Waals surface area contributed by atoms with Crippen LogP contribution in [0, 0.1) is 12.8 Å². The average Bonchev–Trinajstić information content (AvgIpc) is 3.01. The SMILES string of the molecule is Cc1ccc(Cn2nc(NC(=O)C3CCCCC3)c3ccc(N4CCCCCC4)nc32)cc1. The number of nitrogens with zero attached hydrogens (tertiary/aromatic N) is 4. The first-order valence-electron chi connectivity index (χ1n) is 12.7. The molecule has 2 aliphatic rings. The van der Waals surface area contributed by atoms with Gasteiger partial charge >= 0.3 is 0 Å². The minimum atomic E-state index is 0.0976. The summed E-state index contributed by atoms with van der Waals surface area (Å²) in [6, 6.07) is 12.7. The molecule has 1 aliphatic carbocycles. The number of anilines is 2. The Labute approximate surface area is 196 Å². The lowest BCUT2D eigenvalue weighted by Gasteiger charge is -2.21. The van der Waals surface area contributed by atoms with E-state index in [2.05, 4.69) is 53.5 Å². The topological polar surface area (TPSA) is 63.1 Å². The number of aromatic nitrogens is 3. The van der Waals surface area contributed by atoms with Crippen molar-refractivity contribution in [3.63, 3.8) is 0 Å². The number of hydrogen-bond donors (Lipinski definition) is 1. The Morgan fingerprint density at radius 2 is 1.64 bits per heavy atom. The molecule has 1 amide bonds. The second-order valence-electron chi connectivity index (χ2n) is 9.76. The number of carbonyl (C=O) groups excluding carboxylic acids is 1. The molecule has 6 heteroatoms. The molecular formula is C27H35N5O. The molecule has 174 valence electrons. The van der Waals surface area contributed by atoms with E-state index in [0.717, 1.165) is 55.6 Å². The van der Waals surface area contributed by atoms with Gasteiger partial charge < -0.3 is 10.2 Å². The Balaban J connectivity index is 1.48. The highest BCUT2D eigenvalue weighted by Gasteiger charge is 2.24. The van der Waals surface area contributed by atoms with E-state index in [9.17, 15) is 4.79 Å². The second kappa shape index (κ2) is 9.94. The molecule has 6 nitrogen and oxygen atoms in total. The molecule has 2 aromatic heterocycles. The summed E-state index contributed by atoms with van der Waals surface area (Å²) in [5.41, 5.74) is 3.26. The van der Waals surface area contributed by atoms with Gasteiger partial charge in [-0.3, -0.25) is 4.79 Å². The third-order valence-electron chi connectivity index (χ3n) is 7.18. The van der Waals surface area contributed by atoms with Crippen LogP contribution in [-0.4, -0.2) is 33.8 Å². The largest absolute Gasteiger partial charge is 0.357 e. The normalized spacial score (nSPS) is 17.8. The van der Waals surface area contributed by atoms with E-state index in [4.69, 9.17) is 10.1 Å². The zero-order valence-electron chi connectivity index (χ0n) is 19.7. The number of fused-ring (bicyclic) bond motifs is 1. The van der Waals surface area contributed by atoms with Crippen molar-refractivity contribution in [1.82, 2.24) is 14.8 Å². The van der Waals surface area contributed by atoms with Crippen molar-refractivity contribution in [3.8, 4) is 0 Å². The quantitative estimate of drug-likeness (QED) is 0.548. The van der Waals surface area contributed by atoms with Crippen molar-refractivity contribution in [2.24, 2.45) is 5.92 Å². The summed E-state index contributed by atoms with van der Waals surface area (Å²) >= 11 is 0. The number of aryl methyl sites for hydroxylation is 1. The summed E-state index contributed by atoms with van der Waals surface area (Å²) in [7, 11) is 0. The number of amides is 1. The van der Waals surface area contributed by atoms with Crippen LogP contribution in [0.1, 0.15) is 68.9 Å². The van der Waals surface area contributed by atoms with Crippen LogP contribution in [-0.2, 0) is 11.3 Å². The summed E-state index contributed by atoms with van der Waals surface area (Å²) in [6.07, 6.45) is 10.5. The van der Waals surface area contributed by atoms with Crippen molar-refractivity contribution in [1.29, 1.82) is 0 Å². The highest BCUT2D eigenvalue weighted by Crippen LogP contribution is 2.29.